The molecule has 1 aliphatic heterocycles. The van der Waals surface area contributed by atoms with E-state index in [1.807, 2.05) is 0 Å². The van der Waals surface area contributed by atoms with E-state index >= 15 is 0 Å². The van der Waals surface area contributed by atoms with E-state index in [9.17, 15) is 13.9 Å². The Hall–Kier alpha value is -1.40. The number of phenolic OH excluding ortho intramolecular Hbond substituents is 1. The van der Waals surface area contributed by atoms with Crippen LogP contribution in [0.3, 0.4) is 0 Å². The molecule has 1 heterocycles. The molecule has 1 fully saturated rings. The maximum Gasteiger partial charge on any atom is 0.258 e. The van der Waals surface area contributed by atoms with Gasteiger partial charge >= 0.3 is 0 Å². The predicted octanol–water partition coefficient (Wildman–Crippen LogP) is 1.61. The number of aromatic hydroxyl groups is 1. The lowest BCUT2D eigenvalue weighted by atomic mass is 10.0. The summed E-state index contributed by atoms with van der Waals surface area (Å²) in [5.41, 5.74) is 0.219. The van der Waals surface area contributed by atoms with Crippen molar-refractivity contribution in [2.24, 2.45) is 0 Å². The van der Waals surface area contributed by atoms with Crippen molar-refractivity contribution in [2.45, 2.75) is 12.5 Å². The molecule has 1 saturated heterocycles. The molecule has 1 aliphatic rings. The van der Waals surface area contributed by atoms with Gasteiger partial charge in [0, 0.05) is 31.7 Å². The van der Waals surface area contributed by atoms with Crippen LogP contribution < -0.4 is 10.1 Å². The van der Waals surface area contributed by atoms with Crippen molar-refractivity contribution in [2.75, 3.05) is 33.3 Å². The Kier molecular flexibility index (Phi) is 4.55. The minimum Gasteiger partial charge on any atom is -0.504 e. The highest BCUT2D eigenvalue weighted by Crippen LogP contribution is 2.38. The Morgan fingerprint density at radius 2 is 2.00 bits per heavy atom. The molecule has 1 atom stereocenters. The van der Waals surface area contributed by atoms with E-state index in [-0.39, 0.29) is 17.1 Å². The summed E-state index contributed by atoms with van der Waals surface area (Å²) in [6, 6.07) is 3.60. The van der Waals surface area contributed by atoms with Gasteiger partial charge in [-0.25, -0.2) is 8.78 Å². The molecule has 1 aromatic carbocycles. The summed E-state index contributed by atoms with van der Waals surface area (Å²) < 4.78 is 31.7. The first-order chi connectivity index (χ1) is 9.15. The Bertz CT molecular complexity index is 423. The zero-order valence-corrected chi connectivity index (χ0v) is 10.8. The van der Waals surface area contributed by atoms with Crippen molar-refractivity contribution in [3.63, 3.8) is 0 Å². The second kappa shape index (κ2) is 6.16. The van der Waals surface area contributed by atoms with Gasteiger partial charge in [0.25, 0.3) is 6.43 Å². The summed E-state index contributed by atoms with van der Waals surface area (Å²) >= 11 is 0. The molecule has 4 nitrogen and oxygen atoms in total. The SMILES string of the molecule is COc1cccc([C@@H](C(F)F)N2CCNCC2)c1O. The van der Waals surface area contributed by atoms with Crippen LogP contribution in [0.15, 0.2) is 18.2 Å². The zero-order valence-electron chi connectivity index (χ0n) is 10.8. The number of halogens is 2. The van der Waals surface area contributed by atoms with E-state index in [4.69, 9.17) is 4.74 Å². The number of methoxy groups -OCH3 is 1. The lowest BCUT2D eigenvalue weighted by Gasteiger charge is -2.35. The molecule has 0 spiro atoms. The fourth-order valence-electron chi connectivity index (χ4n) is 2.39. The van der Waals surface area contributed by atoms with Crippen LogP contribution in [0.2, 0.25) is 0 Å². The van der Waals surface area contributed by atoms with Gasteiger partial charge in [0.1, 0.15) is 6.04 Å². The monoisotopic (exact) mass is 272 g/mol. The van der Waals surface area contributed by atoms with Crippen molar-refractivity contribution in [3.05, 3.63) is 23.8 Å². The van der Waals surface area contributed by atoms with Crippen LogP contribution in [-0.4, -0.2) is 49.7 Å². The average molecular weight is 272 g/mol. The first kappa shape index (κ1) is 14.0. The molecule has 6 heteroatoms. The average Bonchev–Trinajstić information content (AvgIpc) is 2.42. The standard InChI is InChI=1S/C13H18F2N2O2/c1-19-10-4-2-3-9(12(10)18)11(13(14)15)17-7-5-16-6-8-17/h2-4,11,13,16,18H,5-8H2,1H3/t11-/m0/s1. The van der Waals surface area contributed by atoms with Crippen LogP contribution in [0.1, 0.15) is 11.6 Å². The van der Waals surface area contributed by atoms with Gasteiger partial charge < -0.3 is 15.2 Å². The highest BCUT2D eigenvalue weighted by molar-refractivity contribution is 5.47. The molecule has 106 valence electrons. The molecule has 0 bridgehead atoms. The highest BCUT2D eigenvalue weighted by atomic mass is 19.3. The van der Waals surface area contributed by atoms with Gasteiger partial charge in [0.2, 0.25) is 0 Å². The van der Waals surface area contributed by atoms with E-state index in [1.165, 1.54) is 13.2 Å². The summed E-state index contributed by atoms with van der Waals surface area (Å²) in [4.78, 5) is 1.69. The summed E-state index contributed by atoms with van der Waals surface area (Å²) in [5, 5.41) is 13.2. The van der Waals surface area contributed by atoms with Crippen molar-refractivity contribution in [3.8, 4) is 11.5 Å². The quantitative estimate of drug-likeness (QED) is 0.874. The Balaban J connectivity index is 2.33. The smallest absolute Gasteiger partial charge is 0.258 e. The number of nitrogens with one attached hydrogen (secondary N) is 1. The van der Waals surface area contributed by atoms with Gasteiger partial charge in [-0.15, -0.1) is 0 Å². The molecule has 2 rings (SSSR count). The van der Waals surface area contributed by atoms with E-state index in [1.54, 1.807) is 17.0 Å². The van der Waals surface area contributed by atoms with Crippen molar-refractivity contribution >= 4 is 0 Å². The summed E-state index contributed by atoms with van der Waals surface area (Å²) in [7, 11) is 1.40. The van der Waals surface area contributed by atoms with Gasteiger partial charge in [0.05, 0.1) is 7.11 Å². The van der Waals surface area contributed by atoms with E-state index in [0.717, 1.165) is 0 Å². The molecule has 0 amide bonds. The van der Waals surface area contributed by atoms with Gasteiger partial charge in [0.15, 0.2) is 11.5 Å². The first-order valence-electron chi connectivity index (χ1n) is 6.24. The van der Waals surface area contributed by atoms with Gasteiger partial charge in [-0.2, -0.15) is 0 Å². The van der Waals surface area contributed by atoms with Crippen molar-refractivity contribution < 1.29 is 18.6 Å². The maximum atomic E-state index is 13.4. The predicted molar refractivity (Wildman–Crippen MR) is 67.8 cm³/mol. The fourth-order valence-corrected chi connectivity index (χ4v) is 2.39. The number of hydrogen-bond donors (Lipinski definition) is 2. The van der Waals surface area contributed by atoms with E-state index in [2.05, 4.69) is 5.32 Å². The molecular formula is C13H18F2N2O2. The molecule has 0 aromatic heterocycles. The number of para-hydroxylation sites is 1. The molecule has 1 aromatic rings. The number of phenols is 1. The third-order valence-electron chi connectivity index (χ3n) is 3.35. The molecule has 19 heavy (non-hydrogen) atoms. The van der Waals surface area contributed by atoms with Crippen LogP contribution >= 0.6 is 0 Å². The number of piperazine rings is 1. The van der Waals surface area contributed by atoms with Crippen LogP contribution in [0.25, 0.3) is 0 Å². The number of hydrogen-bond acceptors (Lipinski definition) is 4. The molecule has 0 aliphatic carbocycles. The summed E-state index contributed by atoms with van der Waals surface area (Å²) in [6.07, 6.45) is -2.56. The maximum absolute atomic E-state index is 13.4. The van der Waals surface area contributed by atoms with E-state index in [0.29, 0.717) is 26.2 Å². The van der Waals surface area contributed by atoms with Crippen LogP contribution in [0, 0.1) is 0 Å². The Labute approximate surface area is 111 Å². The third kappa shape index (κ3) is 2.96. The fraction of sp³-hybridized carbons (Fsp3) is 0.538. The van der Waals surface area contributed by atoms with Gasteiger partial charge in [-0.3, -0.25) is 4.90 Å². The molecule has 0 unspecified atom stereocenters. The summed E-state index contributed by atoms with van der Waals surface area (Å²) in [6.45, 7) is 2.42. The van der Waals surface area contributed by atoms with Crippen LogP contribution in [0.5, 0.6) is 11.5 Å². The van der Waals surface area contributed by atoms with Crippen molar-refractivity contribution in [1.82, 2.24) is 10.2 Å². The largest absolute Gasteiger partial charge is 0.504 e. The normalized spacial score (nSPS) is 18.5. The van der Waals surface area contributed by atoms with Crippen LogP contribution in [-0.2, 0) is 0 Å². The molecular weight excluding hydrogens is 254 g/mol. The number of rotatable bonds is 4. The van der Waals surface area contributed by atoms with Crippen molar-refractivity contribution in [1.29, 1.82) is 0 Å². The number of nitrogens with zero attached hydrogens (tertiary/aromatic N) is 1. The highest BCUT2D eigenvalue weighted by Gasteiger charge is 2.32. The minimum atomic E-state index is -2.56. The lowest BCUT2D eigenvalue weighted by molar-refractivity contribution is 0.0169. The lowest BCUT2D eigenvalue weighted by Crippen LogP contribution is -2.46. The van der Waals surface area contributed by atoms with E-state index < -0.39 is 12.5 Å². The topological polar surface area (TPSA) is 44.7 Å². The zero-order chi connectivity index (χ0) is 13.8. The second-order valence-electron chi connectivity index (χ2n) is 4.46. The van der Waals surface area contributed by atoms with Gasteiger partial charge in [-0.05, 0) is 6.07 Å². The van der Waals surface area contributed by atoms with Gasteiger partial charge in [-0.1, -0.05) is 12.1 Å². The molecule has 0 radical (unpaired) electrons. The first-order valence-corrected chi connectivity index (χ1v) is 6.24. The number of ether oxygens (including phenoxy) is 1. The number of alkyl halides is 2. The summed E-state index contributed by atoms with van der Waals surface area (Å²) in [5.74, 6) is 0.0205. The molecule has 2 N–H and O–H groups in total. The Morgan fingerprint density at radius 3 is 2.58 bits per heavy atom. The minimum absolute atomic E-state index is 0.200. The molecule has 0 saturated carbocycles. The van der Waals surface area contributed by atoms with Crippen LogP contribution in [0.4, 0.5) is 8.78 Å². The third-order valence-corrected chi connectivity index (χ3v) is 3.35. The Morgan fingerprint density at radius 1 is 1.32 bits per heavy atom. The second-order valence-corrected chi connectivity index (χ2v) is 4.46. The number of benzene rings is 1.